The molecule has 18 heavy (non-hydrogen) atoms. The molecule has 2 nitrogen and oxygen atoms in total. The summed E-state index contributed by atoms with van der Waals surface area (Å²) >= 11 is 0. The average Bonchev–Trinajstić information content (AvgIpc) is 2.32. The van der Waals surface area contributed by atoms with Crippen molar-refractivity contribution < 1.29 is 14.2 Å². The van der Waals surface area contributed by atoms with Crippen molar-refractivity contribution >= 4 is 0 Å². The molecule has 1 aromatic rings. The minimum absolute atomic E-state index is 0.115. The van der Waals surface area contributed by atoms with Crippen molar-refractivity contribution in [2.24, 2.45) is 5.92 Å². The Morgan fingerprint density at radius 1 is 1.39 bits per heavy atom. The van der Waals surface area contributed by atoms with Crippen molar-refractivity contribution in [1.82, 2.24) is 0 Å². The summed E-state index contributed by atoms with van der Waals surface area (Å²) in [6.45, 7) is 4.81. The van der Waals surface area contributed by atoms with E-state index in [9.17, 15) is 9.50 Å². The Hall–Kier alpha value is -0.930. The van der Waals surface area contributed by atoms with Crippen LogP contribution in [0.25, 0.3) is 0 Å². The van der Waals surface area contributed by atoms with Crippen LogP contribution in [0, 0.1) is 11.7 Å². The van der Waals surface area contributed by atoms with Crippen molar-refractivity contribution in [3.63, 3.8) is 0 Å². The molecule has 0 aromatic heterocycles. The van der Waals surface area contributed by atoms with Crippen molar-refractivity contribution in [1.29, 1.82) is 0 Å². The van der Waals surface area contributed by atoms with Gasteiger partial charge in [0.15, 0.2) is 0 Å². The second-order valence-electron chi connectivity index (χ2n) is 5.63. The Morgan fingerprint density at radius 3 is 2.67 bits per heavy atom. The van der Waals surface area contributed by atoms with E-state index in [1.54, 1.807) is 12.1 Å². The summed E-state index contributed by atoms with van der Waals surface area (Å²) in [6.07, 6.45) is 1.99. The van der Waals surface area contributed by atoms with Gasteiger partial charge in [-0.3, -0.25) is 0 Å². The van der Waals surface area contributed by atoms with E-state index in [1.807, 2.05) is 0 Å². The summed E-state index contributed by atoms with van der Waals surface area (Å²) < 4.78 is 18.5. The lowest BCUT2D eigenvalue weighted by Crippen LogP contribution is -2.44. The highest BCUT2D eigenvalue weighted by atomic mass is 19.1. The van der Waals surface area contributed by atoms with Crippen LogP contribution in [0.3, 0.4) is 0 Å². The lowest BCUT2D eigenvalue weighted by Gasteiger charge is -2.38. The molecule has 0 bridgehead atoms. The summed E-state index contributed by atoms with van der Waals surface area (Å²) in [5.41, 5.74) is 0.258. The molecule has 1 aromatic carbocycles. The predicted octanol–water partition coefficient (Wildman–Crippen LogP) is 2.93. The average molecular weight is 252 g/mol. The highest BCUT2D eigenvalue weighted by Gasteiger charge is 2.36. The van der Waals surface area contributed by atoms with Gasteiger partial charge in [-0.1, -0.05) is 26.0 Å². The summed E-state index contributed by atoms with van der Waals surface area (Å²) in [5.74, 6) is 0.169. The first kappa shape index (κ1) is 13.5. The maximum absolute atomic E-state index is 12.8. The molecular weight excluding hydrogens is 231 g/mol. The fourth-order valence-corrected chi connectivity index (χ4v) is 2.51. The molecule has 1 aliphatic rings. The van der Waals surface area contributed by atoms with E-state index in [0.717, 1.165) is 5.56 Å². The van der Waals surface area contributed by atoms with Gasteiger partial charge in [0.05, 0.1) is 11.7 Å². The van der Waals surface area contributed by atoms with Gasteiger partial charge in [0.2, 0.25) is 0 Å². The molecule has 2 rings (SSSR count). The zero-order chi connectivity index (χ0) is 13.2. The fourth-order valence-electron chi connectivity index (χ4n) is 2.51. The van der Waals surface area contributed by atoms with E-state index in [1.165, 1.54) is 12.1 Å². The molecule has 0 amide bonds. The summed E-state index contributed by atoms with van der Waals surface area (Å²) in [6, 6.07) is 6.37. The maximum atomic E-state index is 12.8. The minimum Gasteiger partial charge on any atom is -0.389 e. The molecule has 2 atom stereocenters. The lowest BCUT2D eigenvalue weighted by molar-refractivity contribution is -0.116. The SMILES string of the molecule is CC(C)C1CC(O)(Cc2ccc(F)cc2)CCO1. The second-order valence-corrected chi connectivity index (χ2v) is 5.63. The molecule has 0 radical (unpaired) electrons. The normalized spacial score (nSPS) is 28.6. The van der Waals surface area contributed by atoms with Gasteiger partial charge in [-0.25, -0.2) is 4.39 Å². The van der Waals surface area contributed by atoms with E-state index in [0.29, 0.717) is 31.8 Å². The highest BCUT2D eigenvalue weighted by molar-refractivity contribution is 5.18. The Balaban J connectivity index is 2.04. The molecule has 100 valence electrons. The number of rotatable bonds is 3. The van der Waals surface area contributed by atoms with E-state index < -0.39 is 5.60 Å². The number of hydrogen-bond donors (Lipinski definition) is 1. The first-order valence-corrected chi connectivity index (χ1v) is 6.57. The van der Waals surface area contributed by atoms with Crippen LogP contribution in [0.4, 0.5) is 4.39 Å². The van der Waals surface area contributed by atoms with Gasteiger partial charge in [-0.15, -0.1) is 0 Å². The molecule has 1 saturated heterocycles. The standard InChI is InChI=1S/C15H21FO2/c1-11(2)14-10-15(17,7-8-18-14)9-12-3-5-13(16)6-4-12/h3-6,11,14,17H,7-10H2,1-2H3. The van der Waals surface area contributed by atoms with Crippen molar-refractivity contribution in [2.75, 3.05) is 6.61 Å². The summed E-state index contributed by atoms with van der Waals surface area (Å²) in [5, 5.41) is 10.6. The number of ether oxygens (including phenoxy) is 1. The van der Waals surface area contributed by atoms with Gasteiger partial charge in [0.1, 0.15) is 5.82 Å². The molecule has 2 unspecified atom stereocenters. The van der Waals surface area contributed by atoms with Crippen molar-refractivity contribution in [3.05, 3.63) is 35.6 Å². The Labute approximate surface area is 108 Å². The topological polar surface area (TPSA) is 29.5 Å². The minimum atomic E-state index is -0.717. The van der Waals surface area contributed by atoms with Crippen LogP contribution >= 0.6 is 0 Å². The van der Waals surface area contributed by atoms with Crippen molar-refractivity contribution in [3.8, 4) is 0 Å². The zero-order valence-corrected chi connectivity index (χ0v) is 11.0. The number of halogens is 1. The Bertz CT molecular complexity index is 388. The monoisotopic (exact) mass is 252 g/mol. The maximum Gasteiger partial charge on any atom is 0.123 e. The van der Waals surface area contributed by atoms with Crippen molar-refractivity contribution in [2.45, 2.75) is 44.8 Å². The van der Waals surface area contributed by atoms with E-state index in [2.05, 4.69) is 13.8 Å². The largest absolute Gasteiger partial charge is 0.389 e. The first-order valence-electron chi connectivity index (χ1n) is 6.57. The Kier molecular flexibility index (Phi) is 4.03. The second kappa shape index (κ2) is 5.37. The Morgan fingerprint density at radius 2 is 2.06 bits per heavy atom. The van der Waals surface area contributed by atoms with Crippen LogP contribution in [-0.2, 0) is 11.2 Å². The van der Waals surface area contributed by atoms with E-state index in [4.69, 9.17) is 4.74 Å². The van der Waals surface area contributed by atoms with Gasteiger partial charge in [0, 0.05) is 19.4 Å². The smallest absolute Gasteiger partial charge is 0.123 e. The lowest BCUT2D eigenvalue weighted by atomic mass is 9.82. The van der Waals surface area contributed by atoms with Crippen LogP contribution in [0.2, 0.25) is 0 Å². The molecule has 1 aliphatic heterocycles. The third kappa shape index (κ3) is 3.30. The third-order valence-corrected chi connectivity index (χ3v) is 3.67. The molecule has 0 aliphatic carbocycles. The third-order valence-electron chi connectivity index (χ3n) is 3.67. The van der Waals surface area contributed by atoms with E-state index in [-0.39, 0.29) is 11.9 Å². The van der Waals surface area contributed by atoms with Gasteiger partial charge in [-0.2, -0.15) is 0 Å². The molecule has 3 heteroatoms. The fraction of sp³-hybridized carbons (Fsp3) is 0.600. The first-order chi connectivity index (χ1) is 8.48. The van der Waals surface area contributed by atoms with Crippen LogP contribution in [0.15, 0.2) is 24.3 Å². The van der Waals surface area contributed by atoms with E-state index >= 15 is 0 Å². The zero-order valence-electron chi connectivity index (χ0n) is 11.0. The molecule has 0 saturated carbocycles. The summed E-state index contributed by atoms with van der Waals surface area (Å²) in [7, 11) is 0. The van der Waals surface area contributed by atoms with Crippen LogP contribution in [0.1, 0.15) is 32.3 Å². The van der Waals surface area contributed by atoms with Gasteiger partial charge in [0.25, 0.3) is 0 Å². The van der Waals surface area contributed by atoms with Crippen LogP contribution < -0.4 is 0 Å². The number of aliphatic hydroxyl groups is 1. The van der Waals surface area contributed by atoms with Gasteiger partial charge < -0.3 is 9.84 Å². The summed E-state index contributed by atoms with van der Waals surface area (Å²) in [4.78, 5) is 0. The van der Waals surface area contributed by atoms with Gasteiger partial charge in [-0.05, 0) is 30.0 Å². The molecule has 1 heterocycles. The molecule has 0 spiro atoms. The molecular formula is C15H21FO2. The quantitative estimate of drug-likeness (QED) is 0.896. The number of hydrogen-bond acceptors (Lipinski definition) is 2. The highest BCUT2D eigenvalue weighted by Crippen LogP contribution is 2.31. The molecule has 1 N–H and O–H groups in total. The molecule has 1 fully saturated rings. The number of benzene rings is 1. The van der Waals surface area contributed by atoms with Crippen LogP contribution in [-0.4, -0.2) is 23.4 Å². The van der Waals surface area contributed by atoms with Gasteiger partial charge >= 0.3 is 0 Å². The predicted molar refractivity (Wildman–Crippen MR) is 68.9 cm³/mol. The van der Waals surface area contributed by atoms with Crippen LogP contribution in [0.5, 0.6) is 0 Å².